The molecule has 0 fully saturated rings. The first-order valence-electron chi connectivity index (χ1n) is 10.3. The number of hydrogen-bond donors (Lipinski definition) is 3. The molecule has 31 heavy (non-hydrogen) atoms. The number of carbonyl (C=O) groups excluding carboxylic acids is 2. The van der Waals surface area contributed by atoms with Crippen molar-refractivity contribution in [3.8, 4) is 5.75 Å². The minimum atomic E-state index is -0.330. The van der Waals surface area contributed by atoms with Crippen LogP contribution in [0.25, 0.3) is 0 Å². The Hall–Kier alpha value is -2.97. The lowest BCUT2D eigenvalue weighted by molar-refractivity contribution is 0.0935. The molecule has 0 radical (unpaired) electrons. The second-order valence-corrected chi connectivity index (χ2v) is 7.23. The van der Waals surface area contributed by atoms with Crippen LogP contribution in [0.1, 0.15) is 46.9 Å². The molecule has 0 heterocycles. The van der Waals surface area contributed by atoms with Crippen LogP contribution in [0.2, 0.25) is 0 Å². The van der Waals surface area contributed by atoms with E-state index in [1.165, 1.54) is 0 Å². The standard InChI is InChI=1S/C23H29N3O4S/c1-3-4-5-14-30-20-11-9-17(10-12-20)22(28)26-23(31)25-19-8-6-7-18(16-19)21(27)24-13-15-29-2/h6-12,16H,3-5,13-15H2,1-2H3,(H,24,27)(H2,25,26,28,31). The van der Waals surface area contributed by atoms with Crippen LogP contribution < -0.4 is 20.7 Å². The smallest absolute Gasteiger partial charge is 0.257 e. The molecule has 0 aliphatic heterocycles. The molecular weight excluding hydrogens is 414 g/mol. The number of benzene rings is 2. The van der Waals surface area contributed by atoms with Crippen LogP contribution in [0.3, 0.4) is 0 Å². The number of amides is 2. The normalized spacial score (nSPS) is 10.3. The Balaban J connectivity index is 1.86. The zero-order valence-electron chi connectivity index (χ0n) is 17.9. The number of carbonyl (C=O) groups is 2. The predicted octanol–water partition coefficient (Wildman–Crippen LogP) is 3.76. The second-order valence-electron chi connectivity index (χ2n) is 6.82. The van der Waals surface area contributed by atoms with E-state index in [-0.39, 0.29) is 16.9 Å². The molecule has 0 bridgehead atoms. The van der Waals surface area contributed by atoms with Crippen molar-refractivity contribution in [2.75, 3.05) is 32.2 Å². The van der Waals surface area contributed by atoms with Crippen molar-refractivity contribution in [1.82, 2.24) is 10.6 Å². The number of unbranched alkanes of at least 4 members (excludes halogenated alkanes) is 2. The van der Waals surface area contributed by atoms with E-state index in [1.54, 1.807) is 55.6 Å². The van der Waals surface area contributed by atoms with Gasteiger partial charge in [-0.2, -0.15) is 0 Å². The molecule has 0 unspecified atom stereocenters. The summed E-state index contributed by atoms with van der Waals surface area (Å²) < 4.78 is 10.6. The lowest BCUT2D eigenvalue weighted by Crippen LogP contribution is -2.34. The van der Waals surface area contributed by atoms with Gasteiger partial charge < -0.3 is 20.1 Å². The molecule has 0 saturated heterocycles. The maximum atomic E-state index is 12.4. The van der Waals surface area contributed by atoms with Crippen LogP contribution in [0.15, 0.2) is 48.5 Å². The number of anilines is 1. The van der Waals surface area contributed by atoms with Crippen molar-refractivity contribution in [2.24, 2.45) is 0 Å². The molecule has 0 aliphatic carbocycles. The Morgan fingerprint density at radius 2 is 1.74 bits per heavy atom. The van der Waals surface area contributed by atoms with E-state index < -0.39 is 0 Å². The lowest BCUT2D eigenvalue weighted by atomic mass is 10.2. The van der Waals surface area contributed by atoms with Gasteiger partial charge >= 0.3 is 0 Å². The highest BCUT2D eigenvalue weighted by atomic mass is 32.1. The van der Waals surface area contributed by atoms with E-state index >= 15 is 0 Å². The zero-order chi connectivity index (χ0) is 22.5. The molecule has 0 aliphatic rings. The number of hydrogen-bond acceptors (Lipinski definition) is 5. The lowest BCUT2D eigenvalue weighted by Gasteiger charge is -2.11. The largest absolute Gasteiger partial charge is 0.494 e. The van der Waals surface area contributed by atoms with Gasteiger partial charge in [-0.25, -0.2) is 0 Å². The second kappa shape index (κ2) is 13.4. The summed E-state index contributed by atoms with van der Waals surface area (Å²) in [5, 5.41) is 8.46. The highest BCUT2D eigenvalue weighted by molar-refractivity contribution is 7.80. The van der Waals surface area contributed by atoms with Crippen molar-refractivity contribution in [1.29, 1.82) is 0 Å². The topological polar surface area (TPSA) is 88.7 Å². The van der Waals surface area contributed by atoms with Gasteiger partial charge in [-0.05, 0) is 61.1 Å². The average molecular weight is 444 g/mol. The fourth-order valence-corrected chi connectivity index (χ4v) is 2.90. The Bertz CT molecular complexity index is 871. The summed E-state index contributed by atoms with van der Waals surface area (Å²) in [5.41, 5.74) is 1.54. The van der Waals surface area contributed by atoms with Gasteiger partial charge in [0.1, 0.15) is 5.75 Å². The minimum absolute atomic E-state index is 0.141. The van der Waals surface area contributed by atoms with E-state index in [9.17, 15) is 9.59 Å². The molecule has 2 aromatic rings. The van der Waals surface area contributed by atoms with E-state index in [4.69, 9.17) is 21.7 Å². The van der Waals surface area contributed by atoms with Crippen LogP contribution in [0, 0.1) is 0 Å². The summed E-state index contributed by atoms with van der Waals surface area (Å²) in [7, 11) is 1.57. The average Bonchev–Trinajstić information content (AvgIpc) is 2.77. The molecule has 2 amide bonds. The number of nitrogens with one attached hydrogen (secondary N) is 3. The maximum absolute atomic E-state index is 12.4. The van der Waals surface area contributed by atoms with E-state index in [1.807, 2.05) is 0 Å². The van der Waals surface area contributed by atoms with Gasteiger partial charge in [0.2, 0.25) is 0 Å². The molecule has 166 valence electrons. The van der Waals surface area contributed by atoms with Gasteiger partial charge in [-0.15, -0.1) is 0 Å². The number of thiocarbonyl (C=S) groups is 1. The molecule has 2 aromatic carbocycles. The Labute approximate surface area is 188 Å². The Morgan fingerprint density at radius 3 is 2.45 bits per heavy atom. The van der Waals surface area contributed by atoms with E-state index in [0.29, 0.717) is 36.6 Å². The summed E-state index contributed by atoms with van der Waals surface area (Å²) in [6.45, 7) is 3.66. The van der Waals surface area contributed by atoms with Crippen molar-refractivity contribution >= 4 is 34.8 Å². The van der Waals surface area contributed by atoms with Gasteiger partial charge in [-0.3, -0.25) is 14.9 Å². The third-order valence-electron chi connectivity index (χ3n) is 4.33. The molecule has 7 nitrogen and oxygen atoms in total. The molecule has 0 saturated carbocycles. The highest BCUT2D eigenvalue weighted by Gasteiger charge is 2.10. The molecule has 0 atom stereocenters. The van der Waals surface area contributed by atoms with Crippen molar-refractivity contribution in [3.63, 3.8) is 0 Å². The van der Waals surface area contributed by atoms with Crippen LogP contribution in [0.4, 0.5) is 5.69 Å². The molecule has 2 rings (SSSR count). The van der Waals surface area contributed by atoms with Crippen LogP contribution in [-0.2, 0) is 4.74 Å². The van der Waals surface area contributed by atoms with Gasteiger partial charge in [0.15, 0.2) is 5.11 Å². The summed E-state index contributed by atoms with van der Waals surface area (Å²) in [5.74, 6) is 0.185. The van der Waals surface area contributed by atoms with Gasteiger partial charge in [0.25, 0.3) is 11.8 Å². The van der Waals surface area contributed by atoms with Crippen LogP contribution in [-0.4, -0.2) is 43.8 Å². The fourth-order valence-electron chi connectivity index (χ4n) is 2.69. The molecular formula is C23H29N3O4S. The van der Waals surface area contributed by atoms with Gasteiger partial charge in [-0.1, -0.05) is 25.8 Å². The first-order chi connectivity index (χ1) is 15.0. The van der Waals surface area contributed by atoms with Gasteiger partial charge in [0.05, 0.1) is 13.2 Å². The van der Waals surface area contributed by atoms with Crippen molar-refractivity contribution < 1.29 is 19.1 Å². The van der Waals surface area contributed by atoms with Crippen LogP contribution in [0.5, 0.6) is 5.75 Å². The summed E-state index contributed by atoms with van der Waals surface area (Å²) >= 11 is 5.23. The summed E-state index contributed by atoms with van der Waals surface area (Å²) in [4.78, 5) is 24.6. The first kappa shape index (κ1) is 24.3. The number of methoxy groups -OCH3 is 1. The summed E-state index contributed by atoms with van der Waals surface area (Å²) in [6, 6.07) is 13.8. The highest BCUT2D eigenvalue weighted by Crippen LogP contribution is 2.14. The molecule has 8 heteroatoms. The Kier molecular flexibility index (Phi) is 10.5. The van der Waals surface area contributed by atoms with E-state index in [0.717, 1.165) is 25.0 Å². The number of ether oxygens (including phenoxy) is 2. The zero-order valence-corrected chi connectivity index (χ0v) is 18.7. The van der Waals surface area contributed by atoms with Crippen molar-refractivity contribution in [2.45, 2.75) is 26.2 Å². The van der Waals surface area contributed by atoms with Gasteiger partial charge in [0, 0.05) is 30.5 Å². The molecule has 0 spiro atoms. The monoisotopic (exact) mass is 443 g/mol. The third kappa shape index (κ3) is 8.74. The first-order valence-corrected chi connectivity index (χ1v) is 10.7. The Morgan fingerprint density at radius 1 is 0.968 bits per heavy atom. The minimum Gasteiger partial charge on any atom is -0.494 e. The quantitative estimate of drug-likeness (QED) is 0.362. The fraction of sp³-hybridized carbons (Fsp3) is 0.348. The van der Waals surface area contributed by atoms with Crippen molar-refractivity contribution in [3.05, 3.63) is 59.7 Å². The third-order valence-corrected chi connectivity index (χ3v) is 4.54. The summed E-state index contributed by atoms with van der Waals surface area (Å²) in [6.07, 6.45) is 3.28. The predicted molar refractivity (Wildman–Crippen MR) is 126 cm³/mol. The SMILES string of the molecule is CCCCCOc1ccc(C(=O)NC(=S)Nc2cccc(C(=O)NCCOC)c2)cc1. The van der Waals surface area contributed by atoms with E-state index in [2.05, 4.69) is 22.9 Å². The maximum Gasteiger partial charge on any atom is 0.257 e. The molecule has 0 aromatic heterocycles. The number of rotatable bonds is 11. The molecule has 3 N–H and O–H groups in total. The van der Waals surface area contributed by atoms with Crippen LogP contribution >= 0.6 is 12.2 Å².